The van der Waals surface area contributed by atoms with Crippen molar-refractivity contribution < 1.29 is 50.1 Å². The summed E-state index contributed by atoms with van der Waals surface area (Å²) in [5.41, 5.74) is 6.56. The Morgan fingerprint density at radius 2 is 1.42 bits per heavy atom. The molecule has 3 rings (SSSR count). The van der Waals surface area contributed by atoms with Gasteiger partial charge in [-0.3, -0.25) is 0 Å². The van der Waals surface area contributed by atoms with Crippen LogP contribution in [0.15, 0.2) is 22.5 Å². The number of nitrogens with zero attached hydrogens (tertiary/aromatic N) is 6. The number of ether oxygens (including phenoxy) is 2. The zero-order valence-corrected chi connectivity index (χ0v) is 19.9. The van der Waals surface area contributed by atoms with Gasteiger partial charge in [0.15, 0.2) is 0 Å². The maximum absolute atomic E-state index is 16.4. The standard InChI is InChI=1S/C21H25F7N6O4/c1-12(31-33-29)15(35)37-21(32-34-30)19(24,25)16(36,13-8-4-2-5-9-13)18(22,23)17(38-21,20(26,27)28)14-10-6-3-7-11-14/h13-14,36H,1-11H2. The minimum Gasteiger partial charge on any atom is -0.417 e. The number of rotatable bonds is 6. The lowest BCUT2D eigenvalue weighted by Gasteiger charge is -2.63. The van der Waals surface area contributed by atoms with Crippen molar-refractivity contribution in [2.24, 2.45) is 22.1 Å². The second-order valence-corrected chi connectivity index (χ2v) is 9.72. The van der Waals surface area contributed by atoms with Gasteiger partial charge in [0.1, 0.15) is 5.70 Å². The molecule has 17 heteroatoms. The summed E-state index contributed by atoms with van der Waals surface area (Å²) in [6.45, 7) is 2.92. The molecule has 212 valence electrons. The fourth-order valence-corrected chi connectivity index (χ4v) is 5.94. The number of alkyl halides is 7. The van der Waals surface area contributed by atoms with Crippen LogP contribution in [-0.2, 0) is 14.3 Å². The third-order valence-corrected chi connectivity index (χ3v) is 7.73. The number of azide groups is 2. The molecule has 0 spiro atoms. The SMILES string of the molecule is C=C(N=[N+]=[N-])C(=O)OC1(N=[N+]=[N-])OC(C2CCCCC2)(C(F)(F)F)C(F)(F)C(O)(C2CCCCC2)C1(F)F. The first-order valence-corrected chi connectivity index (χ1v) is 11.9. The van der Waals surface area contributed by atoms with Gasteiger partial charge in [-0.05, 0) is 41.9 Å². The molecule has 0 aromatic rings. The lowest BCUT2D eigenvalue weighted by Crippen LogP contribution is -2.88. The van der Waals surface area contributed by atoms with Crippen LogP contribution in [0.3, 0.4) is 0 Å². The van der Waals surface area contributed by atoms with Crippen LogP contribution in [0.2, 0.25) is 0 Å². The van der Waals surface area contributed by atoms with Crippen LogP contribution >= 0.6 is 0 Å². The Morgan fingerprint density at radius 3 is 1.87 bits per heavy atom. The van der Waals surface area contributed by atoms with E-state index in [2.05, 4.69) is 31.2 Å². The van der Waals surface area contributed by atoms with Gasteiger partial charge in [0, 0.05) is 21.7 Å². The van der Waals surface area contributed by atoms with Crippen LogP contribution in [0, 0.1) is 11.8 Å². The maximum atomic E-state index is 16.4. The predicted molar refractivity (Wildman–Crippen MR) is 114 cm³/mol. The molecule has 1 aliphatic heterocycles. The average molecular weight is 558 g/mol. The van der Waals surface area contributed by atoms with E-state index in [0.29, 0.717) is 12.8 Å². The molecule has 38 heavy (non-hydrogen) atoms. The van der Waals surface area contributed by atoms with Crippen molar-refractivity contribution >= 4 is 5.97 Å². The molecule has 0 amide bonds. The van der Waals surface area contributed by atoms with E-state index >= 15 is 17.6 Å². The number of carbonyl (C=O) groups excluding carboxylic acids is 1. The summed E-state index contributed by atoms with van der Waals surface area (Å²) in [5.74, 6) is -22.6. The van der Waals surface area contributed by atoms with Gasteiger partial charge in [-0.25, -0.2) is 4.79 Å². The number of carbonyl (C=O) groups is 1. The van der Waals surface area contributed by atoms with Gasteiger partial charge < -0.3 is 14.6 Å². The van der Waals surface area contributed by atoms with Crippen molar-refractivity contribution in [3.8, 4) is 0 Å². The van der Waals surface area contributed by atoms with Gasteiger partial charge in [0.05, 0.1) is 0 Å². The van der Waals surface area contributed by atoms with E-state index in [9.17, 15) is 23.1 Å². The van der Waals surface area contributed by atoms with Crippen molar-refractivity contribution in [2.45, 2.75) is 99.3 Å². The first-order chi connectivity index (χ1) is 17.6. The summed E-state index contributed by atoms with van der Waals surface area (Å²) in [5, 5.41) is 16.5. The van der Waals surface area contributed by atoms with Crippen LogP contribution in [0.1, 0.15) is 64.2 Å². The van der Waals surface area contributed by atoms with Crippen molar-refractivity contribution in [1.82, 2.24) is 0 Å². The quantitative estimate of drug-likeness (QED) is 0.0950. The third-order valence-electron chi connectivity index (χ3n) is 7.73. The highest BCUT2D eigenvalue weighted by Crippen LogP contribution is 2.69. The number of halogens is 7. The second kappa shape index (κ2) is 10.1. The van der Waals surface area contributed by atoms with E-state index in [1.54, 1.807) is 0 Å². The van der Waals surface area contributed by atoms with Crippen LogP contribution < -0.4 is 0 Å². The lowest BCUT2D eigenvalue weighted by molar-refractivity contribution is -0.534. The number of hydrogen-bond acceptors (Lipinski definition) is 6. The van der Waals surface area contributed by atoms with Crippen molar-refractivity contribution in [1.29, 1.82) is 0 Å². The Hall–Kier alpha value is -2.74. The fraction of sp³-hybridized carbons (Fsp3) is 0.857. The zero-order valence-electron chi connectivity index (χ0n) is 19.9. The molecule has 10 nitrogen and oxygen atoms in total. The highest BCUT2D eigenvalue weighted by atomic mass is 19.4. The largest absolute Gasteiger partial charge is 0.423 e. The summed E-state index contributed by atoms with van der Waals surface area (Å²) < 4.78 is 119. The summed E-state index contributed by atoms with van der Waals surface area (Å²) >= 11 is 0. The van der Waals surface area contributed by atoms with Gasteiger partial charge in [0.2, 0.25) is 11.2 Å². The summed E-state index contributed by atoms with van der Waals surface area (Å²) in [4.78, 5) is 16.6. The molecular formula is C21H25F7N6O4. The smallest absolute Gasteiger partial charge is 0.417 e. The fourth-order valence-electron chi connectivity index (χ4n) is 5.94. The molecule has 3 aliphatic rings. The van der Waals surface area contributed by atoms with Crippen molar-refractivity contribution in [3.05, 3.63) is 33.2 Å². The van der Waals surface area contributed by atoms with Crippen LogP contribution in [-0.4, -0.2) is 46.2 Å². The first kappa shape index (κ1) is 29.8. The van der Waals surface area contributed by atoms with E-state index in [1.165, 1.54) is 0 Å². The van der Waals surface area contributed by atoms with Gasteiger partial charge >= 0.3 is 29.9 Å². The Balaban J connectivity index is 2.42. The molecule has 1 heterocycles. The summed E-state index contributed by atoms with van der Waals surface area (Å²) in [6, 6.07) is 0. The van der Waals surface area contributed by atoms with E-state index in [0.717, 1.165) is 0 Å². The van der Waals surface area contributed by atoms with Gasteiger partial charge in [-0.2, -0.15) is 30.7 Å². The van der Waals surface area contributed by atoms with E-state index < -0.39 is 84.3 Å². The van der Waals surface area contributed by atoms with Gasteiger partial charge in [-0.1, -0.05) is 50.2 Å². The summed E-state index contributed by atoms with van der Waals surface area (Å²) in [7, 11) is 0. The Morgan fingerprint density at radius 1 is 0.921 bits per heavy atom. The Labute approximate surface area is 211 Å². The molecule has 3 atom stereocenters. The molecule has 2 aliphatic carbocycles. The molecule has 0 aromatic carbocycles. The van der Waals surface area contributed by atoms with Crippen molar-refractivity contribution in [2.75, 3.05) is 0 Å². The predicted octanol–water partition coefficient (Wildman–Crippen LogP) is 6.81. The highest BCUT2D eigenvalue weighted by Gasteiger charge is 2.94. The summed E-state index contributed by atoms with van der Waals surface area (Å²) in [6.07, 6.45) is -7.49. The number of esters is 1. The minimum absolute atomic E-state index is 0.00216. The third kappa shape index (κ3) is 4.07. The maximum Gasteiger partial charge on any atom is 0.423 e. The van der Waals surface area contributed by atoms with Gasteiger partial charge in [-0.15, -0.1) is 0 Å². The molecular weight excluding hydrogens is 533 g/mol. The number of hydrogen-bond donors (Lipinski definition) is 1. The van der Waals surface area contributed by atoms with Crippen molar-refractivity contribution in [3.63, 3.8) is 0 Å². The van der Waals surface area contributed by atoms with Crippen LogP contribution in [0.25, 0.3) is 20.9 Å². The molecule has 0 aromatic heterocycles. The topological polar surface area (TPSA) is 153 Å². The average Bonchev–Trinajstić information content (AvgIpc) is 2.86. The molecule has 0 radical (unpaired) electrons. The molecule has 0 bridgehead atoms. The molecule has 1 saturated heterocycles. The van der Waals surface area contributed by atoms with Crippen LogP contribution in [0.5, 0.6) is 0 Å². The molecule has 3 fully saturated rings. The minimum atomic E-state index is -6.14. The van der Waals surface area contributed by atoms with Gasteiger partial charge in [0.25, 0.3) is 0 Å². The zero-order chi connectivity index (χ0) is 28.6. The van der Waals surface area contributed by atoms with Crippen LogP contribution in [0.4, 0.5) is 30.7 Å². The Bertz CT molecular complexity index is 1050. The van der Waals surface area contributed by atoms with E-state index in [4.69, 9.17) is 11.1 Å². The first-order valence-electron chi connectivity index (χ1n) is 11.9. The second-order valence-electron chi connectivity index (χ2n) is 9.72. The van der Waals surface area contributed by atoms with E-state index in [1.807, 2.05) is 4.91 Å². The Kier molecular flexibility index (Phi) is 7.92. The normalized spacial score (nSPS) is 33.9. The number of aliphatic hydroxyl groups is 1. The lowest BCUT2D eigenvalue weighted by atomic mass is 9.59. The molecule has 3 unspecified atom stereocenters. The molecule has 1 N–H and O–H groups in total. The van der Waals surface area contributed by atoms with E-state index in [-0.39, 0.29) is 25.7 Å². The highest BCUT2D eigenvalue weighted by molar-refractivity contribution is 5.87. The molecule has 2 saturated carbocycles. The monoisotopic (exact) mass is 558 g/mol.